The van der Waals surface area contributed by atoms with E-state index in [2.05, 4.69) is 0 Å². The number of rotatable bonds is 7. The third-order valence-corrected chi connectivity index (χ3v) is 6.68. The predicted molar refractivity (Wildman–Crippen MR) is 143 cm³/mol. The highest BCUT2D eigenvalue weighted by atomic mass is 19.1. The molecule has 0 saturated carbocycles. The van der Waals surface area contributed by atoms with Crippen molar-refractivity contribution in [2.45, 2.75) is 26.1 Å². The number of aliphatic hydroxyl groups is 1. The van der Waals surface area contributed by atoms with E-state index in [0.717, 1.165) is 11.1 Å². The van der Waals surface area contributed by atoms with Gasteiger partial charge in [0.15, 0.2) is 0 Å². The van der Waals surface area contributed by atoms with Crippen molar-refractivity contribution in [3.05, 3.63) is 142 Å². The molecular formula is C32H25F2NO4. The maximum absolute atomic E-state index is 13.7. The van der Waals surface area contributed by atoms with Gasteiger partial charge in [-0.3, -0.25) is 9.59 Å². The van der Waals surface area contributed by atoms with Gasteiger partial charge in [-0.15, -0.1) is 0 Å². The van der Waals surface area contributed by atoms with Crippen molar-refractivity contribution < 1.29 is 28.2 Å². The minimum atomic E-state index is -0.968. The van der Waals surface area contributed by atoms with Crippen molar-refractivity contribution >= 4 is 17.4 Å². The number of carbonyl (C=O) groups excluding carboxylic acids is 2. The van der Waals surface area contributed by atoms with Crippen LogP contribution in [0.5, 0.6) is 5.75 Å². The molecule has 1 heterocycles. The summed E-state index contributed by atoms with van der Waals surface area (Å²) in [4.78, 5) is 27.8. The van der Waals surface area contributed by atoms with Gasteiger partial charge in [-0.05, 0) is 71.6 Å². The molecule has 1 saturated heterocycles. The van der Waals surface area contributed by atoms with E-state index in [0.29, 0.717) is 29.0 Å². The SMILES string of the molecule is Cc1cc(/C(O)=C2/C(=O)C(=O)N(Cc3ccc(F)cc3)C2c2ccc(F)cc2)ccc1OCc1ccccc1. The summed E-state index contributed by atoms with van der Waals surface area (Å²) in [5.74, 6) is -2.30. The molecule has 0 radical (unpaired) electrons. The molecular weight excluding hydrogens is 500 g/mol. The zero-order valence-corrected chi connectivity index (χ0v) is 21.1. The van der Waals surface area contributed by atoms with Crippen molar-refractivity contribution in [2.75, 3.05) is 0 Å². The van der Waals surface area contributed by atoms with Crippen LogP contribution in [0, 0.1) is 18.6 Å². The lowest BCUT2D eigenvalue weighted by atomic mass is 9.94. The fraction of sp³-hybridized carbons (Fsp3) is 0.125. The van der Waals surface area contributed by atoms with Crippen LogP contribution in [-0.4, -0.2) is 21.7 Å². The number of likely N-dealkylation sites (tertiary alicyclic amines) is 1. The number of ketones is 1. The van der Waals surface area contributed by atoms with Gasteiger partial charge >= 0.3 is 0 Å². The van der Waals surface area contributed by atoms with Crippen molar-refractivity contribution in [1.82, 2.24) is 4.90 Å². The number of aliphatic hydroxyl groups excluding tert-OH is 1. The summed E-state index contributed by atoms with van der Waals surface area (Å²) < 4.78 is 33.1. The summed E-state index contributed by atoms with van der Waals surface area (Å²) in [5.41, 5.74) is 3.02. The Morgan fingerprint density at radius 3 is 2.13 bits per heavy atom. The van der Waals surface area contributed by atoms with E-state index in [1.165, 1.54) is 53.4 Å². The second-order valence-corrected chi connectivity index (χ2v) is 9.36. The molecule has 1 aliphatic rings. The number of Topliss-reactive ketones (excluding diaryl/α,β-unsaturated/α-hetero) is 1. The van der Waals surface area contributed by atoms with Crippen LogP contribution in [0.25, 0.3) is 5.76 Å². The lowest BCUT2D eigenvalue weighted by Crippen LogP contribution is -2.29. The normalized spacial score (nSPS) is 16.5. The number of hydrogen-bond acceptors (Lipinski definition) is 4. The van der Waals surface area contributed by atoms with Gasteiger partial charge in [0.05, 0.1) is 11.6 Å². The summed E-state index contributed by atoms with van der Waals surface area (Å²) >= 11 is 0. The van der Waals surface area contributed by atoms with E-state index in [-0.39, 0.29) is 17.9 Å². The minimum Gasteiger partial charge on any atom is -0.507 e. The van der Waals surface area contributed by atoms with Crippen LogP contribution < -0.4 is 4.74 Å². The van der Waals surface area contributed by atoms with Gasteiger partial charge in [-0.2, -0.15) is 0 Å². The lowest BCUT2D eigenvalue weighted by Gasteiger charge is -2.25. The molecule has 0 aromatic heterocycles. The molecule has 1 amide bonds. The number of halogens is 2. The molecule has 7 heteroatoms. The van der Waals surface area contributed by atoms with Gasteiger partial charge in [-0.25, -0.2) is 8.78 Å². The number of hydrogen-bond donors (Lipinski definition) is 1. The Labute approximate surface area is 224 Å². The predicted octanol–water partition coefficient (Wildman–Crippen LogP) is 6.47. The molecule has 1 N–H and O–H groups in total. The van der Waals surface area contributed by atoms with E-state index in [1.54, 1.807) is 18.2 Å². The third kappa shape index (κ3) is 5.43. The number of aryl methyl sites for hydroxylation is 1. The van der Waals surface area contributed by atoms with E-state index >= 15 is 0 Å². The first kappa shape index (κ1) is 25.9. The first-order valence-corrected chi connectivity index (χ1v) is 12.4. The van der Waals surface area contributed by atoms with Gasteiger partial charge in [0, 0.05) is 12.1 Å². The van der Waals surface area contributed by atoms with Gasteiger partial charge in [-0.1, -0.05) is 54.6 Å². The Bertz CT molecular complexity index is 1550. The molecule has 5 rings (SSSR count). The maximum atomic E-state index is 13.7. The van der Waals surface area contributed by atoms with Gasteiger partial charge in [0.2, 0.25) is 0 Å². The zero-order chi connectivity index (χ0) is 27.5. The molecule has 0 spiro atoms. The molecule has 0 bridgehead atoms. The van der Waals surface area contributed by atoms with Crippen LogP contribution in [0.3, 0.4) is 0 Å². The van der Waals surface area contributed by atoms with E-state index in [1.807, 2.05) is 37.3 Å². The molecule has 39 heavy (non-hydrogen) atoms. The van der Waals surface area contributed by atoms with E-state index < -0.39 is 29.4 Å². The summed E-state index contributed by atoms with van der Waals surface area (Å²) in [7, 11) is 0. The number of benzene rings is 4. The smallest absolute Gasteiger partial charge is 0.295 e. The molecule has 1 fully saturated rings. The van der Waals surface area contributed by atoms with Crippen LogP contribution in [0.4, 0.5) is 8.78 Å². The molecule has 1 atom stereocenters. The average Bonchev–Trinajstić information content (AvgIpc) is 3.19. The molecule has 4 aromatic rings. The first-order valence-electron chi connectivity index (χ1n) is 12.4. The lowest BCUT2D eigenvalue weighted by molar-refractivity contribution is -0.140. The quantitative estimate of drug-likeness (QED) is 0.171. The largest absolute Gasteiger partial charge is 0.507 e. The van der Waals surface area contributed by atoms with Gasteiger partial charge < -0.3 is 14.7 Å². The Morgan fingerprint density at radius 1 is 0.846 bits per heavy atom. The van der Waals surface area contributed by atoms with Crippen LogP contribution in [-0.2, 0) is 22.7 Å². The Kier molecular flexibility index (Phi) is 7.23. The second-order valence-electron chi connectivity index (χ2n) is 9.36. The van der Waals surface area contributed by atoms with Crippen LogP contribution >= 0.6 is 0 Å². The minimum absolute atomic E-state index is 0.00499. The topological polar surface area (TPSA) is 66.8 Å². The molecule has 1 aliphatic heterocycles. The third-order valence-electron chi connectivity index (χ3n) is 6.68. The number of amides is 1. The van der Waals surface area contributed by atoms with Crippen LogP contribution in [0.2, 0.25) is 0 Å². The molecule has 1 unspecified atom stereocenters. The summed E-state index contributed by atoms with van der Waals surface area (Å²) in [5, 5.41) is 11.4. The van der Waals surface area contributed by atoms with Crippen molar-refractivity contribution in [3.63, 3.8) is 0 Å². The summed E-state index contributed by atoms with van der Waals surface area (Å²) in [6, 6.07) is 24.7. The van der Waals surface area contributed by atoms with Gasteiger partial charge in [0.1, 0.15) is 29.8 Å². The van der Waals surface area contributed by atoms with Crippen molar-refractivity contribution in [2.24, 2.45) is 0 Å². The maximum Gasteiger partial charge on any atom is 0.295 e. The summed E-state index contributed by atoms with van der Waals surface area (Å²) in [6.45, 7) is 2.18. The van der Waals surface area contributed by atoms with E-state index in [4.69, 9.17) is 4.74 Å². The average molecular weight is 526 g/mol. The summed E-state index contributed by atoms with van der Waals surface area (Å²) in [6.07, 6.45) is 0. The van der Waals surface area contributed by atoms with Crippen molar-refractivity contribution in [3.8, 4) is 5.75 Å². The zero-order valence-electron chi connectivity index (χ0n) is 21.1. The van der Waals surface area contributed by atoms with Gasteiger partial charge in [0.25, 0.3) is 11.7 Å². The number of carbonyl (C=O) groups is 2. The van der Waals surface area contributed by atoms with Crippen molar-refractivity contribution in [1.29, 1.82) is 0 Å². The standard InChI is InChI=1S/C32H25F2NO4/c1-20-17-24(11-16-27(20)39-19-22-5-3-2-4-6-22)30(36)28-29(23-9-14-26(34)15-10-23)35(32(38)31(28)37)18-21-7-12-25(33)13-8-21/h2-17,29,36H,18-19H2,1H3/b30-28-. The Morgan fingerprint density at radius 2 is 1.49 bits per heavy atom. The molecule has 0 aliphatic carbocycles. The highest BCUT2D eigenvalue weighted by Gasteiger charge is 2.46. The van der Waals surface area contributed by atoms with Crippen LogP contribution in [0.15, 0.2) is 103 Å². The number of ether oxygens (including phenoxy) is 1. The Hall–Kier alpha value is -4.78. The van der Waals surface area contributed by atoms with Crippen LogP contribution in [0.1, 0.15) is 33.9 Å². The first-order chi connectivity index (χ1) is 18.8. The Balaban J connectivity index is 1.51. The highest BCUT2D eigenvalue weighted by Crippen LogP contribution is 2.40. The molecule has 196 valence electrons. The second kappa shape index (κ2) is 10.9. The fourth-order valence-corrected chi connectivity index (χ4v) is 4.67. The highest BCUT2D eigenvalue weighted by molar-refractivity contribution is 6.46. The molecule has 4 aromatic carbocycles. The van der Waals surface area contributed by atoms with E-state index in [9.17, 15) is 23.5 Å². The monoisotopic (exact) mass is 525 g/mol. The molecule has 5 nitrogen and oxygen atoms in total. The fourth-order valence-electron chi connectivity index (χ4n) is 4.67. The number of nitrogens with zero attached hydrogens (tertiary/aromatic N) is 1.